The Morgan fingerprint density at radius 3 is 2.82 bits per heavy atom. The van der Waals surface area contributed by atoms with Crippen LogP contribution in [0, 0.1) is 23.1 Å². The van der Waals surface area contributed by atoms with Crippen molar-refractivity contribution in [3.8, 4) is 17.3 Å². The molecular formula is C23H18ClFN6O2S. The molecule has 5 heterocycles. The standard InChI is InChI=1S/C23H18ClFN6O2S/c1-9-5-31(6-15(9)32)23-29-3-11-12-7-33-8-13(12)16(18(25)19(11)30-23)20-17-10(2-26)22(27)34-21(17)14(24)4-28-20/h3-4,9,15,32H,5-8,27H2,1H3. The van der Waals surface area contributed by atoms with Gasteiger partial charge in [-0.05, 0) is 11.1 Å². The molecule has 4 aromatic rings. The molecule has 2 aliphatic heterocycles. The first-order chi connectivity index (χ1) is 16.4. The van der Waals surface area contributed by atoms with Gasteiger partial charge in [-0.1, -0.05) is 18.5 Å². The summed E-state index contributed by atoms with van der Waals surface area (Å²) in [7, 11) is 0. The topological polar surface area (TPSA) is 121 Å². The number of aromatic nitrogens is 3. The Kier molecular flexibility index (Phi) is 4.86. The zero-order valence-electron chi connectivity index (χ0n) is 18.0. The van der Waals surface area contributed by atoms with Gasteiger partial charge >= 0.3 is 0 Å². The Labute approximate surface area is 202 Å². The first kappa shape index (κ1) is 21.4. The number of ether oxygens (including phenoxy) is 1. The van der Waals surface area contributed by atoms with Crippen molar-refractivity contribution in [2.75, 3.05) is 23.7 Å². The van der Waals surface area contributed by atoms with E-state index < -0.39 is 11.9 Å². The van der Waals surface area contributed by atoms with E-state index in [1.54, 1.807) is 6.20 Å². The van der Waals surface area contributed by atoms with Crippen molar-refractivity contribution in [2.24, 2.45) is 5.92 Å². The monoisotopic (exact) mass is 496 g/mol. The van der Waals surface area contributed by atoms with E-state index in [4.69, 9.17) is 22.1 Å². The van der Waals surface area contributed by atoms with Crippen LogP contribution in [0.15, 0.2) is 12.4 Å². The predicted molar refractivity (Wildman–Crippen MR) is 128 cm³/mol. The number of nitrogens with two attached hydrogens (primary N) is 1. The zero-order valence-corrected chi connectivity index (χ0v) is 19.5. The van der Waals surface area contributed by atoms with E-state index in [0.29, 0.717) is 50.1 Å². The average molecular weight is 497 g/mol. The Balaban J connectivity index is 1.65. The number of aliphatic hydroxyl groups is 1. The maximum Gasteiger partial charge on any atom is 0.226 e. The normalized spacial score (nSPS) is 19.8. The van der Waals surface area contributed by atoms with Crippen molar-refractivity contribution in [2.45, 2.75) is 26.2 Å². The van der Waals surface area contributed by atoms with Gasteiger partial charge in [0.25, 0.3) is 0 Å². The fraction of sp³-hybridized carbons (Fsp3) is 0.304. The number of halogens is 2. The van der Waals surface area contributed by atoms with Crippen molar-refractivity contribution in [1.29, 1.82) is 5.26 Å². The fourth-order valence-electron chi connectivity index (χ4n) is 4.80. The third-order valence-corrected chi connectivity index (χ3v) is 8.04. The zero-order chi connectivity index (χ0) is 23.7. The van der Waals surface area contributed by atoms with Crippen molar-refractivity contribution >= 4 is 54.9 Å². The summed E-state index contributed by atoms with van der Waals surface area (Å²) in [5.74, 6) is -0.153. The quantitative estimate of drug-likeness (QED) is 0.427. The second-order valence-electron chi connectivity index (χ2n) is 8.63. The number of nitriles is 1. The molecule has 1 aromatic carbocycles. The van der Waals surface area contributed by atoms with Crippen LogP contribution in [-0.2, 0) is 18.0 Å². The van der Waals surface area contributed by atoms with E-state index in [0.717, 1.165) is 5.56 Å². The molecule has 0 saturated carbocycles. The molecular weight excluding hydrogens is 479 g/mol. The average Bonchev–Trinajstić information content (AvgIpc) is 3.52. The summed E-state index contributed by atoms with van der Waals surface area (Å²) >= 11 is 7.52. The van der Waals surface area contributed by atoms with E-state index in [2.05, 4.69) is 21.0 Å². The highest BCUT2D eigenvalue weighted by atomic mass is 35.5. The first-order valence-electron chi connectivity index (χ1n) is 10.7. The third-order valence-electron chi connectivity index (χ3n) is 6.59. The summed E-state index contributed by atoms with van der Waals surface area (Å²) in [6.45, 7) is 3.39. The minimum atomic E-state index is -0.569. The van der Waals surface area contributed by atoms with E-state index in [1.807, 2.05) is 11.8 Å². The van der Waals surface area contributed by atoms with Crippen LogP contribution < -0.4 is 10.6 Å². The van der Waals surface area contributed by atoms with Crippen molar-refractivity contribution < 1.29 is 14.2 Å². The van der Waals surface area contributed by atoms with Gasteiger partial charge in [-0.15, -0.1) is 11.3 Å². The third kappa shape index (κ3) is 2.98. The molecule has 34 heavy (non-hydrogen) atoms. The number of pyridine rings is 1. The van der Waals surface area contributed by atoms with Crippen LogP contribution in [0.1, 0.15) is 23.6 Å². The number of benzene rings is 1. The number of aliphatic hydroxyl groups excluding tert-OH is 1. The van der Waals surface area contributed by atoms with Gasteiger partial charge in [-0.2, -0.15) is 5.26 Å². The lowest BCUT2D eigenvalue weighted by Gasteiger charge is -2.18. The van der Waals surface area contributed by atoms with Crippen molar-refractivity contribution in [3.05, 3.63) is 39.9 Å². The smallest absolute Gasteiger partial charge is 0.226 e. The second kappa shape index (κ2) is 7.71. The highest BCUT2D eigenvalue weighted by Gasteiger charge is 2.32. The predicted octanol–water partition coefficient (Wildman–Crippen LogP) is 4.00. The lowest BCUT2D eigenvalue weighted by molar-refractivity contribution is 0.135. The summed E-state index contributed by atoms with van der Waals surface area (Å²) in [5.41, 5.74) is 8.40. The number of anilines is 2. The largest absolute Gasteiger partial charge is 0.391 e. The number of nitrogens with zero attached hydrogens (tertiary/aromatic N) is 5. The summed E-state index contributed by atoms with van der Waals surface area (Å²) in [4.78, 5) is 15.3. The Bertz CT molecular complexity index is 1540. The van der Waals surface area contributed by atoms with Gasteiger partial charge in [0.1, 0.15) is 16.6 Å². The SMILES string of the molecule is CC1CN(c2ncc3c4c(c(-c5ncc(Cl)c6sc(N)c(C#N)c56)c(F)c3n2)COC4)CC1O. The van der Waals surface area contributed by atoms with Gasteiger partial charge in [-0.25, -0.2) is 14.4 Å². The van der Waals surface area contributed by atoms with Crippen LogP contribution in [0.4, 0.5) is 15.3 Å². The van der Waals surface area contributed by atoms with Gasteiger partial charge < -0.3 is 20.5 Å². The molecule has 0 aliphatic carbocycles. The molecule has 2 unspecified atom stereocenters. The van der Waals surface area contributed by atoms with Crippen molar-refractivity contribution in [1.82, 2.24) is 15.0 Å². The highest BCUT2D eigenvalue weighted by Crippen LogP contribution is 2.46. The van der Waals surface area contributed by atoms with E-state index in [9.17, 15) is 10.4 Å². The number of fused-ring (bicyclic) bond motifs is 4. The maximum atomic E-state index is 16.3. The molecule has 1 saturated heterocycles. The molecule has 2 aliphatic rings. The summed E-state index contributed by atoms with van der Waals surface area (Å²) < 4.78 is 22.6. The Hall–Kier alpha value is -3.10. The highest BCUT2D eigenvalue weighted by molar-refractivity contribution is 7.23. The minimum absolute atomic E-state index is 0.0631. The number of nitrogen functional groups attached to an aromatic ring is 1. The molecule has 172 valence electrons. The van der Waals surface area contributed by atoms with Crippen LogP contribution in [0.2, 0.25) is 5.02 Å². The number of hydrogen-bond donors (Lipinski definition) is 2. The number of thiophene rings is 1. The molecule has 3 N–H and O–H groups in total. The molecule has 6 rings (SSSR count). The summed E-state index contributed by atoms with van der Waals surface area (Å²) in [6, 6.07) is 2.11. The number of β-amino-alcohol motifs (C(OH)–C–C–N with tert-alkyl or cyclic N) is 1. The van der Waals surface area contributed by atoms with Crippen LogP contribution in [0.25, 0.3) is 32.2 Å². The molecule has 3 aromatic heterocycles. The number of hydrogen-bond acceptors (Lipinski definition) is 9. The van der Waals surface area contributed by atoms with Gasteiger partial charge in [0, 0.05) is 47.7 Å². The second-order valence-corrected chi connectivity index (χ2v) is 10.1. The first-order valence-corrected chi connectivity index (χ1v) is 11.9. The van der Waals surface area contributed by atoms with Gasteiger partial charge in [0.2, 0.25) is 5.95 Å². The number of rotatable bonds is 2. The maximum absolute atomic E-state index is 16.3. The van der Waals surface area contributed by atoms with Crippen molar-refractivity contribution in [3.63, 3.8) is 0 Å². The molecule has 8 nitrogen and oxygen atoms in total. The molecule has 0 amide bonds. The molecule has 11 heteroatoms. The Morgan fingerprint density at radius 2 is 2.09 bits per heavy atom. The molecule has 1 fully saturated rings. The van der Waals surface area contributed by atoms with Crippen LogP contribution >= 0.6 is 22.9 Å². The van der Waals surface area contributed by atoms with Crippen LogP contribution in [-0.4, -0.2) is 39.3 Å². The van der Waals surface area contributed by atoms with Gasteiger partial charge in [-0.3, -0.25) is 4.98 Å². The summed E-state index contributed by atoms with van der Waals surface area (Å²) in [6.07, 6.45) is 2.57. The van der Waals surface area contributed by atoms with E-state index in [-0.39, 0.29) is 41.5 Å². The summed E-state index contributed by atoms with van der Waals surface area (Å²) in [5, 5.41) is 21.5. The fourth-order valence-corrected chi connectivity index (χ4v) is 5.98. The van der Waals surface area contributed by atoms with Crippen LogP contribution in [0.5, 0.6) is 0 Å². The van der Waals surface area contributed by atoms with Crippen LogP contribution in [0.3, 0.4) is 0 Å². The molecule has 0 radical (unpaired) electrons. The van der Waals surface area contributed by atoms with E-state index in [1.165, 1.54) is 17.5 Å². The van der Waals surface area contributed by atoms with E-state index >= 15 is 4.39 Å². The molecule has 2 atom stereocenters. The van der Waals surface area contributed by atoms with Gasteiger partial charge in [0.05, 0.1) is 40.3 Å². The minimum Gasteiger partial charge on any atom is -0.391 e. The van der Waals surface area contributed by atoms with Gasteiger partial charge in [0.15, 0.2) is 5.82 Å². The Morgan fingerprint density at radius 1 is 1.29 bits per heavy atom. The molecule has 0 spiro atoms. The lowest BCUT2D eigenvalue weighted by atomic mass is 9.94. The molecule has 0 bridgehead atoms. The lowest BCUT2D eigenvalue weighted by Crippen LogP contribution is -2.23.